The van der Waals surface area contributed by atoms with Gasteiger partial charge < -0.3 is 24.4 Å². The summed E-state index contributed by atoms with van der Waals surface area (Å²) in [5, 5.41) is 2.77. The van der Waals surface area contributed by atoms with E-state index in [1.54, 1.807) is 49.6 Å². The number of carbonyl (C=O) groups is 2. The van der Waals surface area contributed by atoms with E-state index >= 15 is 0 Å². The average Bonchev–Trinajstić information content (AvgIpc) is 2.78. The Morgan fingerprint density at radius 2 is 1.62 bits per heavy atom. The van der Waals surface area contributed by atoms with Gasteiger partial charge in [0.05, 0.1) is 19.9 Å². The van der Waals surface area contributed by atoms with Crippen LogP contribution < -0.4 is 19.5 Å². The lowest BCUT2D eigenvalue weighted by Gasteiger charge is -2.27. The summed E-state index contributed by atoms with van der Waals surface area (Å²) in [7, 11) is 3.10. The minimum atomic E-state index is -0.346. The van der Waals surface area contributed by atoms with E-state index < -0.39 is 0 Å². The Morgan fingerprint density at radius 3 is 2.28 bits per heavy atom. The lowest BCUT2D eigenvalue weighted by Crippen LogP contribution is -2.35. The zero-order valence-corrected chi connectivity index (χ0v) is 16.8. The van der Waals surface area contributed by atoms with E-state index in [9.17, 15) is 9.59 Å². The van der Waals surface area contributed by atoms with Crippen LogP contribution in [0.1, 0.15) is 29.6 Å². The predicted molar refractivity (Wildman–Crippen MR) is 110 cm³/mol. The van der Waals surface area contributed by atoms with Crippen LogP contribution in [0.5, 0.6) is 17.2 Å². The minimum Gasteiger partial charge on any atom is -0.497 e. The first-order valence-electron chi connectivity index (χ1n) is 9.64. The number of hydrogen-bond donors (Lipinski definition) is 1. The molecule has 0 aromatic heterocycles. The molecule has 0 unspecified atom stereocenters. The number of nitrogens with zero attached hydrogens (tertiary/aromatic N) is 1. The maximum atomic E-state index is 12.7. The quantitative estimate of drug-likeness (QED) is 0.774. The Hall–Kier alpha value is -3.22. The topological polar surface area (TPSA) is 77.1 Å². The summed E-state index contributed by atoms with van der Waals surface area (Å²) < 4.78 is 15.9. The third-order valence-electron chi connectivity index (χ3n) is 4.79. The first-order valence-corrected chi connectivity index (χ1v) is 9.64. The van der Waals surface area contributed by atoms with Crippen LogP contribution in [-0.2, 0) is 4.79 Å². The van der Waals surface area contributed by atoms with Crippen LogP contribution in [0.3, 0.4) is 0 Å². The molecule has 7 nitrogen and oxygen atoms in total. The number of hydrogen-bond acceptors (Lipinski definition) is 5. The van der Waals surface area contributed by atoms with E-state index in [0.717, 1.165) is 32.4 Å². The molecule has 1 N–H and O–H groups in total. The van der Waals surface area contributed by atoms with E-state index in [4.69, 9.17) is 14.2 Å². The van der Waals surface area contributed by atoms with Crippen molar-refractivity contribution < 1.29 is 23.8 Å². The normalized spacial score (nSPS) is 13.5. The maximum absolute atomic E-state index is 12.7. The van der Waals surface area contributed by atoms with Crippen molar-refractivity contribution in [3.8, 4) is 17.2 Å². The molecule has 0 saturated carbocycles. The molecule has 0 aliphatic carbocycles. The van der Waals surface area contributed by atoms with Gasteiger partial charge in [-0.15, -0.1) is 0 Å². The number of nitrogens with one attached hydrogen (secondary N) is 1. The van der Waals surface area contributed by atoms with Gasteiger partial charge in [0.25, 0.3) is 11.8 Å². The van der Waals surface area contributed by atoms with Gasteiger partial charge in [0.15, 0.2) is 6.61 Å². The number of amides is 2. The molecule has 29 heavy (non-hydrogen) atoms. The second kappa shape index (κ2) is 9.82. The number of ether oxygens (including phenoxy) is 3. The van der Waals surface area contributed by atoms with Crippen molar-refractivity contribution in [2.24, 2.45) is 0 Å². The highest BCUT2D eigenvalue weighted by Gasteiger charge is 2.20. The van der Waals surface area contributed by atoms with Crippen molar-refractivity contribution >= 4 is 17.5 Å². The second-order valence-corrected chi connectivity index (χ2v) is 6.78. The molecular weight excluding hydrogens is 372 g/mol. The van der Waals surface area contributed by atoms with Crippen molar-refractivity contribution in [2.75, 3.05) is 39.2 Å². The number of methoxy groups -OCH3 is 2. The summed E-state index contributed by atoms with van der Waals surface area (Å²) >= 11 is 0. The number of benzene rings is 2. The fourth-order valence-corrected chi connectivity index (χ4v) is 3.23. The molecule has 1 heterocycles. The molecule has 2 aromatic carbocycles. The van der Waals surface area contributed by atoms with Gasteiger partial charge in [-0.25, -0.2) is 0 Å². The lowest BCUT2D eigenvalue weighted by atomic mass is 10.1. The monoisotopic (exact) mass is 398 g/mol. The second-order valence-electron chi connectivity index (χ2n) is 6.78. The number of likely N-dealkylation sites (tertiary alicyclic amines) is 1. The van der Waals surface area contributed by atoms with Crippen LogP contribution in [0.25, 0.3) is 0 Å². The van der Waals surface area contributed by atoms with Gasteiger partial charge in [-0.05, 0) is 61.7 Å². The molecule has 0 spiro atoms. The SMILES string of the molecule is COc1ccc(OCC(=O)Nc2cc(C(=O)N3CCCCC3)ccc2OC)cc1. The molecule has 154 valence electrons. The number of anilines is 1. The van der Waals surface area contributed by atoms with Gasteiger partial charge in [-0.2, -0.15) is 0 Å². The van der Waals surface area contributed by atoms with E-state index in [1.807, 2.05) is 4.90 Å². The maximum Gasteiger partial charge on any atom is 0.262 e. The highest BCUT2D eigenvalue weighted by Crippen LogP contribution is 2.27. The Kier molecular flexibility index (Phi) is 6.94. The van der Waals surface area contributed by atoms with Crippen LogP contribution in [-0.4, -0.2) is 50.6 Å². The predicted octanol–water partition coefficient (Wildman–Crippen LogP) is 3.35. The zero-order valence-electron chi connectivity index (χ0n) is 16.8. The summed E-state index contributed by atoms with van der Waals surface area (Å²) in [4.78, 5) is 26.9. The summed E-state index contributed by atoms with van der Waals surface area (Å²) in [5.41, 5.74) is 0.970. The molecule has 2 aromatic rings. The molecule has 1 aliphatic heterocycles. The van der Waals surface area contributed by atoms with E-state index in [1.165, 1.54) is 7.11 Å². The van der Waals surface area contributed by atoms with E-state index in [2.05, 4.69) is 5.32 Å². The first-order chi connectivity index (χ1) is 14.1. The van der Waals surface area contributed by atoms with Crippen molar-refractivity contribution in [1.29, 1.82) is 0 Å². The van der Waals surface area contributed by atoms with Crippen molar-refractivity contribution in [3.05, 3.63) is 48.0 Å². The van der Waals surface area contributed by atoms with Gasteiger partial charge in [-0.3, -0.25) is 9.59 Å². The van der Waals surface area contributed by atoms with Crippen LogP contribution in [0.15, 0.2) is 42.5 Å². The zero-order chi connectivity index (χ0) is 20.6. The summed E-state index contributed by atoms with van der Waals surface area (Å²) in [6.45, 7) is 1.37. The third-order valence-corrected chi connectivity index (χ3v) is 4.79. The number of rotatable bonds is 7. The average molecular weight is 398 g/mol. The largest absolute Gasteiger partial charge is 0.497 e. The Labute approximate surface area is 170 Å². The molecular formula is C22H26N2O5. The Balaban J connectivity index is 1.64. The molecule has 1 saturated heterocycles. The molecule has 3 rings (SSSR count). The molecule has 0 bridgehead atoms. The van der Waals surface area contributed by atoms with Gasteiger partial charge in [0.1, 0.15) is 17.2 Å². The molecule has 7 heteroatoms. The molecule has 1 fully saturated rings. The first kappa shape index (κ1) is 20.5. The molecule has 0 atom stereocenters. The fourth-order valence-electron chi connectivity index (χ4n) is 3.23. The Morgan fingerprint density at radius 1 is 0.931 bits per heavy atom. The van der Waals surface area contributed by atoms with Crippen LogP contribution in [0.2, 0.25) is 0 Å². The highest BCUT2D eigenvalue weighted by atomic mass is 16.5. The van der Waals surface area contributed by atoms with Crippen molar-refractivity contribution in [3.63, 3.8) is 0 Å². The van der Waals surface area contributed by atoms with Crippen LogP contribution in [0, 0.1) is 0 Å². The standard InChI is InChI=1S/C22H26N2O5/c1-27-17-7-9-18(10-8-17)29-15-21(25)23-19-14-16(6-11-20(19)28-2)22(26)24-12-4-3-5-13-24/h6-11,14H,3-5,12-13,15H2,1-2H3,(H,23,25). The van der Waals surface area contributed by atoms with Gasteiger partial charge in [0, 0.05) is 18.7 Å². The van der Waals surface area contributed by atoms with Crippen LogP contribution in [0.4, 0.5) is 5.69 Å². The van der Waals surface area contributed by atoms with E-state index in [-0.39, 0.29) is 18.4 Å². The summed E-state index contributed by atoms with van der Waals surface area (Å²) in [6, 6.07) is 12.0. The van der Waals surface area contributed by atoms with Crippen molar-refractivity contribution in [1.82, 2.24) is 4.90 Å². The van der Waals surface area contributed by atoms with E-state index in [0.29, 0.717) is 28.5 Å². The van der Waals surface area contributed by atoms with Crippen molar-refractivity contribution in [2.45, 2.75) is 19.3 Å². The smallest absolute Gasteiger partial charge is 0.262 e. The van der Waals surface area contributed by atoms with Gasteiger partial charge >= 0.3 is 0 Å². The van der Waals surface area contributed by atoms with Crippen LogP contribution >= 0.6 is 0 Å². The Bertz CT molecular complexity index is 845. The fraction of sp³-hybridized carbons (Fsp3) is 0.364. The summed E-state index contributed by atoms with van der Waals surface area (Å²) in [5.74, 6) is 1.38. The van der Waals surface area contributed by atoms with Gasteiger partial charge in [0.2, 0.25) is 0 Å². The highest BCUT2D eigenvalue weighted by molar-refractivity contribution is 5.98. The summed E-state index contributed by atoms with van der Waals surface area (Å²) in [6.07, 6.45) is 3.20. The minimum absolute atomic E-state index is 0.0302. The molecule has 2 amide bonds. The number of piperidine rings is 1. The van der Waals surface area contributed by atoms with Gasteiger partial charge in [-0.1, -0.05) is 0 Å². The molecule has 1 aliphatic rings. The number of carbonyl (C=O) groups excluding carboxylic acids is 2. The third kappa shape index (κ3) is 5.40. The lowest BCUT2D eigenvalue weighted by molar-refractivity contribution is -0.118. The molecule has 0 radical (unpaired) electrons.